The Hall–Kier alpha value is -3.15. The standard InChI is InChI=1S/C14H14N6O3/c1-7-4-8(2)20-14(17-7)18-12(19-20)13(22)23-6-11(21)10(5-15)9(3)16/h4,10,16H,6H2,1-3H3/t10-/m0/s1. The van der Waals surface area contributed by atoms with Crippen molar-refractivity contribution < 1.29 is 14.3 Å². The fourth-order valence-corrected chi connectivity index (χ4v) is 1.95. The van der Waals surface area contributed by atoms with Crippen LogP contribution in [0, 0.1) is 36.5 Å². The van der Waals surface area contributed by atoms with Crippen LogP contribution in [0.15, 0.2) is 6.07 Å². The van der Waals surface area contributed by atoms with Crippen LogP contribution in [0.25, 0.3) is 5.78 Å². The number of carbonyl (C=O) groups excluding carboxylic acids is 2. The van der Waals surface area contributed by atoms with Crippen molar-refractivity contribution in [3.05, 3.63) is 23.3 Å². The van der Waals surface area contributed by atoms with Crippen LogP contribution < -0.4 is 0 Å². The second-order valence-electron chi connectivity index (χ2n) is 4.97. The molecule has 0 saturated heterocycles. The molecular formula is C14H14N6O3. The average molecular weight is 314 g/mol. The number of hydrogen-bond donors (Lipinski definition) is 1. The van der Waals surface area contributed by atoms with E-state index in [9.17, 15) is 9.59 Å². The highest BCUT2D eigenvalue weighted by atomic mass is 16.5. The number of nitriles is 1. The third-order valence-corrected chi connectivity index (χ3v) is 3.03. The van der Waals surface area contributed by atoms with Gasteiger partial charge in [-0.25, -0.2) is 14.3 Å². The molecule has 0 aliphatic rings. The molecule has 2 aromatic heterocycles. The normalized spacial score (nSPS) is 11.7. The van der Waals surface area contributed by atoms with E-state index in [1.165, 1.54) is 11.4 Å². The maximum Gasteiger partial charge on any atom is 0.378 e. The van der Waals surface area contributed by atoms with Crippen molar-refractivity contribution in [1.29, 1.82) is 10.7 Å². The fraction of sp³-hybridized carbons (Fsp3) is 0.357. The van der Waals surface area contributed by atoms with Gasteiger partial charge >= 0.3 is 5.97 Å². The maximum absolute atomic E-state index is 11.9. The van der Waals surface area contributed by atoms with Gasteiger partial charge < -0.3 is 10.1 Å². The van der Waals surface area contributed by atoms with E-state index < -0.39 is 24.3 Å². The summed E-state index contributed by atoms with van der Waals surface area (Å²) >= 11 is 0. The summed E-state index contributed by atoms with van der Waals surface area (Å²) in [5, 5.41) is 20.1. The molecular weight excluding hydrogens is 300 g/mol. The van der Waals surface area contributed by atoms with E-state index in [-0.39, 0.29) is 17.3 Å². The Balaban J connectivity index is 2.13. The van der Waals surface area contributed by atoms with Gasteiger partial charge in [0.05, 0.1) is 6.07 Å². The topological polar surface area (TPSA) is 134 Å². The molecule has 0 aliphatic carbocycles. The van der Waals surface area contributed by atoms with Crippen LogP contribution in [0.3, 0.4) is 0 Å². The zero-order valence-electron chi connectivity index (χ0n) is 12.8. The van der Waals surface area contributed by atoms with Crippen molar-refractivity contribution in [2.45, 2.75) is 20.8 Å². The molecule has 2 heterocycles. The summed E-state index contributed by atoms with van der Waals surface area (Å²) in [6.45, 7) is 4.31. The van der Waals surface area contributed by atoms with E-state index in [4.69, 9.17) is 15.4 Å². The summed E-state index contributed by atoms with van der Waals surface area (Å²) in [6, 6.07) is 3.47. The first-order chi connectivity index (χ1) is 10.8. The molecule has 2 rings (SSSR count). The predicted octanol–water partition coefficient (Wildman–Crippen LogP) is 0.646. The minimum Gasteiger partial charge on any atom is -0.452 e. The van der Waals surface area contributed by atoms with Gasteiger partial charge in [-0.2, -0.15) is 10.2 Å². The Morgan fingerprint density at radius 3 is 2.74 bits per heavy atom. The lowest BCUT2D eigenvalue weighted by Crippen LogP contribution is -2.25. The van der Waals surface area contributed by atoms with E-state index in [2.05, 4.69) is 15.1 Å². The van der Waals surface area contributed by atoms with Gasteiger partial charge in [-0.05, 0) is 26.8 Å². The highest BCUT2D eigenvalue weighted by molar-refractivity contribution is 6.06. The van der Waals surface area contributed by atoms with Gasteiger partial charge in [0.1, 0.15) is 5.92 Å². The second-order valence-corrected chi connectivity index (χ2v) is 4.97. The number of nitrogens with one attached hydrogen (secondary N) is 1. The molecule has 2 aromatic rings. The van der Waals surface area contributed by atoms with Crippen molar-refractivity contribution in [2.75, 3.05) is 6.61 Å². The lowest BCUT2D eigenvalue weighted by atomic mass is 10.0. The van der Waals surface area contributed by atoms with Gasteiger partial charge in [-0.1, -0.05) is 0 Å². The Morgan fingerprint density at radius 2 is 2.13 bits per heavy atom. The number of rotatable bonds is 5. The van der Waals surface area contributed by atoms with Crippen molar-refractivity contribution >= 4 is 23.2 Å². The summed E-state index contributed by atoms with van der Waals surface area (Å²) in [5.74, 6) is -2.74. The number of nitrogens with zero attached hydrogens (tertiary/aromatic N) is 5. The molecule has 9 nitrogen and oxygen atoms in total. The summed E-state index contributed by atoms with van der Waals surface area (Å²) < 4.78 is 6.21. The molecule has 0 radical (unpaired) electrons. The highest BCUT2D eigenvalue weighted by Gasteiger charge is 2.23. The molecule has 0 amide bonds. The number of ketones is 1. The minimum absolute atomic E-state index is 0.102. The molecule has 0 bridgehead atoms. The minimum atomic E-state index is -1.22. The van der Waals surface area contributed by atoms with Gasteiger partial charge in [0, 0.05) is 17.1 Å². The van der Waals surface area contributed by atoms with Crippen LogP contribution in [0.1, 0.15) is 28.9 Å². The summed E-state index contributed by atoms with van der Waals surface area (Å²) in [4.78, 5) is 31.7. The Bertz CT molecular complexity index is 848. The quantitative estimate of drug-likeness (QED) is 0.632. The maximum atomic E-state index is 11.9. The van der Waals surface area contributed by atoms with E-state index >= 15 is 0 Å². The molecule has 0 aliphatic heterocycles. The van der Waals surface area contributed by atoms with Crippen LogP contribution in [0.2, 0.25) is 0 Å². The number of esters is 1. The van der Waals surface area contributed by atoms with Gasteiger partial charge in [0.15, 0.2) is 12.4 Å². The average Bonchev–Trinajstić information content (AvgIpc) is 2.89. The lowest BCUT2D eigenvalue weighted by Gasteiger charge is -2.05. The molecule has 1 N–H and O–H groups in total. The second kappa shape index (κ2) is 6.31. The van der Waals surface area contributed by atoms with E-state index in [1.807, 2.05) is 0 Å². The SMILES string of the molecule is CC(=N)[C@H](C#N)C(=O)COC(=O)c1nc2nc(C)cc(C)n2n1. The number of aryl methyl sites for hydroxylation is 2. The molecule has 0 fully saturated rings. The van der Waals surface area contributed by atoms with E-state index in [0.29, 0.717) is 0 Å². The van der Waals surface area contributed by atoms with Crippen LogP contribution >= 0.6 is 0 Å². The first kappa shape index (κ1) is 16.2. The van der Waals surface area contributed by atoms with Crippen LogP contribution in [-0.4, -0.2) is 43.7 Å². The predicted molar refractivity (Wildman–Crippen MR) is 78.0 cm³/mol. The number of aromatic nitrogens is 4. The molecule has 118 valence electrons. The molecule has 0 saturated carbocycles. The summed E-state index contributed by atoms with van der Waals surface area (Å²) in [5.41, 5.74) is 1.38. The molecule has 9 heteroatoms. The monoisotopic (exact) mass is 314 g/mol. The van der Waals surface area contributed by atoms with E-state index in [0.717, 1.165) is 11.4 Å². The van der Waals surface area contributed by atoms with Crippen molar-refractivity contribution in [3.63, 3.8) is 0 Å². The smallest absolute Gasteiger partial charge is 0.378 e. The zero-order valence-corrected chi connectivity index (χ0v) is 12.8. The summed E-state index contributed by atoms with van der Waals surface area (Å²) in [7, 11) is 0. The number of hydrogen-bond acceptors (Lipinski definition) is 8. The third-order valence-electron chi connectivity index (χ3n) is 3.03. The third kappa shape index (κ3) is 3.37. The van der Waals surface area contributed by atoms with Gasteiger partial charge in [0.2, 0.25) is 0 Å². The van der Waals surface area contributed by atoms with Crippen LogP contribution in [-0.2, 0) is 9.53 Å². The molecule has 0 spiro atoms. The van der Waals surface area contributed by atoms with Crippen molar-refractivity contribution in [2.24, 2.45) is 5.92 Å². The Labute approximate surface area is 131 Å². The zero-order chi connectivity index (χ0) is 17.1. The number of Topliss-reactive ketones (excluding diaryl/α,β-unsaturated/α-hetero) is 1. The Morgan fingerprint density at radius 1 is 1.43 bits per heavy atom. The summed E-state index contributed by atoms with van der Waals surface area (Å²) in [6.07, 6.45) is 0. The van der Waals surface area contributed by atoms with Gasteiger partial charge in [0.25, 0.3) is 11.6 Å². The molecule has 0 unspecified atom stereocenters. The van der Waals surface area contributed by atoms with Crippen LogP contribution in [0.5, 0.6) is 0 Å². The first-order valence-electron chi connectivity index (χ1n) is 6.69. The van der Waals surface area contributed by atoms with Gasteiger partial charge in [-0.15, -0.1) is 5.10 Å². The van der Waals surface area contributed by atoms with Crippen molar-refractivity contribution in [3.8, 4) is 6.07 Å². The molecule has 23 heavy (non-hydrogen) atoms. The number of ether oxygens (including phenoxy) is 1. The van der Waals surface area contributed by atoms with E-state index in [1.54, 1.807) is 26.0 Å². The largest absolute Gasteiger partial charge is 0.452 e. The molecule has 1 atom stereocenters. The first-order valence-corrected chi connectivity index (χ1v) is 6.69. The molecule has 0 aromatic carbocycles. The number of carbonyl (C=O) groups is 2. The van der Waals surface area contributed by atoms with Gasteiger partial charge in [-0.3, -0.25) is 4.79 Å². The van der Waals surface area contributed by atoms with Crippen LogP contribution in [0.4, 0.5) is 0 Å². The lowest BCUT2D eigenvalue weighted by molar-refractivity contribution is -0.122. The Kier molecular flexibility index (Phi) is 4.45. The van der Waals surface area contributed by atoms with Crippen molar-refractivity contribution in [1.82, 2.24) is 19.6 Å². The number of fused-ring (bicyclic) bond motifs is 1. The fourth-order valence-electron chi connectivity index (χ4n) is 1.95. The highest BCUT2D eigenvalue weighted by Crippen LogP contribution is 2.07.